The maximum Gasteiger partial charge on any atom is 0.0481 e. The fourth-order valence-corrected chi connectivity index (χ4v) is 3.82. The summed E-state index contributed by atoms with van der Waals surface area (Å²) in [5.74, 6) is 1.22. The van der Waals surface area contributed by atoms with Crippen LogP contribution < -0.4 is 0 Å². The van der Waals surface area contributed by atoms with Gasteiger partial charge in [-0.2, -0.15) is 0 Å². The molecule has 2 aliphatic carbocycles. The molecule has 0 unspecified atom stereocenters. The summed E-state index contributed by atoms with van der Waals surface area (Å²) in [6.45, 7) is 4.64. The first-order chi connectivity index (χ1) is 8.10. The average molecular weight is 245 g/mol. The molecule has 1 heteroatoms. The average Bonchev–Trinajstić information content (AvgIpc) is 2.87. The second kappa shape index (κ2) is 3.74. The van der Waals surface area contributed by atoms with Crippen LogP contribution in [-0.4, -0.2) is 0 Å². The second-order valence-corrected chi connectivity index (χ2v) is 6.03. The van der Waals surface area contributed by atoms with Crippen LogP contribution in [0.15, 0.2) is 48.1 Å². The van der Waals surface area contributed by atoms with Gasteiger partial charge in [0.15, 0.2) is 0 Å². The van der Waals surface area contributed by atoms with Crippen molar-refractivity contribution < 1.29 is 0 Å². The highest BCUT2D eigenvalue weighted by molar-refractivity contribution is 6.49. The maximum absolute atomic E-state index is 6.64. The standard InChI is InChI=1S/C16H17Cl/c1-16(2)13-9-8-12(10-13)14(16)15(17)11-6-4-3-5-7-11/h3-9,12-13H,10H2,1-2H3/b15-14+/t12-,13+/m1/s1. The van der Waals surface area contributed by atoms with Gasteiger partial charge in [0.1, 0.15) is 0 Å². The molecule has 3 rings (SSSR count). The Kier molecular flexibility index (Phi) is 2.45. The summed E-state index contributed by atoms with van der Waals surface area (Å²) in [7, 11) is 0. The van der Waals surface area contributed by atoms with Crippen LogP contribution in [0.4, 0.5) is 0 Å². The zero-order valence-corrected chi connectivity index (χ0v) is 11.0. The first-order valence-electron chi connectivity index (χ1n) is 6.24. The van der Waals surface area contributed by atoms with E-state index in [1.54, 1.807) is 0 Å². The molecule has 1 aromatic rings. The summed E-state index contributed by atoms with van der Waals surface area (Å²) in [5.41, 5.74) is 2.79. The van der Waals surface area contributed by atoms with Crippen LogP contribution >= 0.6 is 11.6 Å². The Hall–Kier alpha value is -1.01. The molecule has 2 bridgehead atoms. The van der Waals surface area contributed by atoms with Crippen LogP contribution in [0, 0.1) is 17.3 Å². The molecule has 1 saturated carbocycles. The first kappa shape index (κ1) is 11.1. The second-order valence-electron chi connectivity index (χ2n) is 5.65. The van der Waals surface area contributed by atoms with Gasteiger partial charge in [-0.3, -0.25) is 0 Å². The molecule has 0 spiro atoms. The van der Waals surface area contributed by atoms with E-state index in [1.165, 1.54) is 12.0 Å². The minimum atomic E-state index is 0.215. The van der Waals surface area contributed by atoms with Crippen molar-refractivity contribution >= 4 is 16.6 Å². The van der Waals surface area contributed by atoms with Crippen LogP contribution in [0.2, 0.25) is 0 Å². The third-order valence-corrected chi connectivity index (χ3v) is 4.76. The summed E-state index contributed by atoms with van der Waals surface area (Å²) >= 11 is 6.64. The van der Waals surface area contributed by atoms with Crippen molar-refractivity contribution in [3.8, 4) is 0 Å². The Morgan fingerprint density at radius 1 is 1.18 bits per heavy atom. The fraction of sp³-hybridized carbons (Fsp3) is 0.375. The Morgan fingerprint density at radius 3 is 2.47 bits per heavy atom. The quantitative estimate of drug-likeness (QED) is 0.619. The summed E-state index contributed by atoms with van der Waals surface area (Å²) in [4.78, 5) is 0. The molecular weight excluding hydrogens is 228 g/mol. The van der Waals surface area contributed by atoms with Crippen LogP contribution in [0.25, 0.3) is 5.03 Å². The fourth-order valence-electron chi connectivity index (χ4n) is 3.31. The molecule has 17 heavy (non-hydrogen) atoms. The van der Waals surface area contributed by atoms with Gasteiger partial charge in [0.25, 0.3) is 0 Å². The Bertz CT molecular complexity index is 494. The van der Waals surface area contributed by atoms with Gasteiger partial charge in [-0.1, -0.05) is 67.9 Å². The molecule has 0 amide bonds. The number of fused-ring (bicyclic) bond motifs is 2. The van der Waals surface area contributed by atoms with E-state index in [0.29, 0.717) is 11.8 Å². The molecule has 2 aliphatic rings. The van der Waals surface area contributed by atoms with Gasteiger partial charge in [-0.15, -0.1) is 0 Å². The van der Waals surface area contributed by atoms with E-state index >= 15 is 0 Å². The minimum absolute atomic E-state index is 0.215. The first-order valence-corrected chi connectivity index (χ1v) is 6.62. The van der Waals surface area contributed by atoms with Gasteiger partial charge in [-0.25, -0.2) is 0 Å². The van der Waals surface area contributed by atoms with E-state index in [2.05, 4.69) is 38.1 Å². The van der Waals surface area contributed by atoms with Crippen molar-refractivity contribution in [2.24, 2.45) is 17.3 Å². The molecule has 0 aliphatic heterocycles. The lowest BCUT2D eigenvalue weighted by Gasteiger charge is -2.30. The topological polar surface area (TPSA) is 0 Å². The highest BCUT2D eigenvalue weighted by atomic mass is 35.5. The molecule has 1 fully saturated rings. The molecule has 0 heterocycles. The largest absolute Gasteiger partial charge is 0.0839 e. The third-order valence-electron chi connectivity index (χ3n) is 4.34. The highest BCUT2D eigenvalue weighted by Crippen LogP contribution is 2.58. The van der Waals surface area contributed by atoms with Gasteiger partial charge in [0.2, 0.25) is 0 Å². The van der Waals surface area contributed by atoms with Gasteiger partial charge >= 0.3 is 0 Å². The Labute approximate surface area is 108 Å². The zero-order valence-electron chi connectivity index (χ0n) is 10.3. The molecule has 88 valence electrons. The van der Waals surface area contributed by atoms with Crippen molar-refractivity contribution in [2.75, 3.05) is 0 Å². The van der Waals surface area contributed by atoms with E-state index in [4.69, 9.17) is 11.6 Å². The van der Waals surface area contributed by atoms with E-state index in [9.17, 15) is 0 Å². The van der Waals surface area contributed by atoms with Crippen molar-refractivity contribution in [3.05, 3.63) is 53.6 Å². The van der Waals surface area contributed by atoms with Crippen molar-refractivity contribution in [3.63, 3.8) is 0 Å². The lowest BCUT2D eigenvalue weighted by molar-refractivity contribution is 0.370. The molecule has 0 saturated heterocycles. The molecule has 0 N–H and O–H groups in total. The van der Waals surface area contributed by atoms with E-state index in [-0.39, 0.29) is 5.41 Å². The van der Waals surface area contributed by atoms with Gasteiger partial charge in [-0.05, 0) is 28.9 Å². The van der Waals surface area contributed by atoms with Crippen LogP contribution in [-0.2, 0) is 0 Å². The predicted molar refractivity (Wildman–Crippen MR) is 73.7 cm³/mol. The summed E-state index contributed by atoms with van der Waals surface area (Å²) in [6, 6.07) is 10.3. The lowest BCUT2D eigenvalue weighted by atomic mass is 9.75. The van der Waals surface area contributed by atoms with E-state index in [0.717, 1.165) is 10.6 Å². The molecule has 0 aromatic heterocycles. The van der Waals surface area contributed by atoms with Gasteiger partial charge < -0.3 is 0 Å². The summed E-state index contributed by atoms with van der Waals surface area (Å²) in [6.07, 6.45) is 5.94. The third kappa shape index (κ3) is 1.58. The van der Waals surface area contributed by atoms with Crippen LogP contribution in [0.1, 0.15) is 25.8 Å². The predicted octanol–water partition coefficient (Wildman–Crippen LogP) is 4.87. The normalized spacial score (nSPS) is 31.9. The molecule has 0 nitrogen and oxygen atoms in total. The van der Waals surface area contributed by atoms with E-state index < -0.39 is 0 Å². The highest BCUT2D eigenvalue weighted by Gasteiger charge is 2.47. The van der Waals surface area contributed by atoms with Gasteiger partial charge in [0, 0.05) is 11.0 Å². The Morgan fingerprint density at radius 2 is 1.88 bits per heavy atom. The SMILES string of the molecule is CC1(C)/C(=C(/Cl)c2ccccc2)[C@@H]2C=C[C@H]1C2. The lowest BCUT2D eigenvalue weighted by Crippen LogP contribution is -2.20. The van der Waals surface area contributed by atoms with Crippen molar-refractivity contribution in [2.45, 2.75) is 20.3 Å². The van der Waals surface area contributed by atoms with Crippen molar-refractivity contribution in [1.29, 1.82) is 0 Å². The monoisotopic (exact) mass is 244 g/mol. The minimum Gasteiger partial charge on any atom is -0.0839 e. The molecular formula is C16H17Cl. The number of hydrogen-bond donors (Lipinski definition) is 0. The van der Waals surface area contributed by atoms with Crippen LogP contribution in [0.5, 0.6) is 0 Å². The number of allylic oxidation sites excluding steroid dienone is 3. The molecule has 2 atom stereocenters. The number of rotatable bonds is 1. The molecule has 1 aromatic carbocycles. The summed E-state index contributed by atoms with van der Waals surface area (Å²) < 4.78 is 0. The molecule has 0 radical (unpaired) electrons. The summed E-state index contributed by atoms with van der Waals surface area (Å²) in [5, 5.41) is 0.965. The number of benzene rings is 1. The maximum atomic E-state index is 6.64. The zero-order chi connectivity index (χ0) is 12.0. The van der Waals surface area contributed by atoms with E-state index in [1.807, 2.05) is 18.2 Å². The number of halogens is 1. The van der Waals surface area contributed by atoms with Crippen LogP contribution in [0.3, 0.4) is 0 Å². The van der Waals surface area contributed by atoms with Crippen molar-refractivity contribution in [1.82, 2.24) is 0 Å². The number of hydrogen-bond acceptors (Lipinski definition) is 0. The smallest absolute Gasteiger partial charge is 0.0481 e. The van der Waals surface area contributed by atoms with Gasteiger partial charge in [0.05, 0.1) is 0 Å². The Balaban J connectivity index is 2.12.